The summed E-state index contributed by atoms with van der Waals surface area (Å²) < 4.78 is 5.56. The molecule has 2 rings (SSSR count). The number of hydrogen-bond donors (Lipinski definition) is 2. The van der Waals surface area contributed by atoms with Crippen LogP contribution in [0.25, 0.3) is 0 Å². The van der Waals surface area contributed by atoms with E-state index in [-0.39, 0.29) is 17.9 Å². The van der Waals surface area contributed by atoms with Crippen molar-refractivity contribution in [2.24, 2.45) is 0 Å². The Hall–Kier alpha value is -2.82. The van der Waals surface area contributed by atoms with Crippen molar-refractivity contribution in [3.8, 4) is 5.75 Å². The molecule has 0 bridgehead atoms. The van der Waals surface area contributed by atoms with Crippen LogP contribution in [-0.4, -0.2) is 17.9 Å². The van der Waals surface area contributed by atoms with Crippen molar-refractivity contribution in [3.63, 3.8) is 0 Å². The summed E-state index contributed by atoms with van der Waals surface area (Å²) in [5.74, 6) is 0.337. The highest BCUT2D eigenvalue weighted by Crippen LogP contribution is 2.18. The maximum atomic E-state index is 12.3. The van der Waals surface area contributed by atoms with Gasteiger partial charge in [0.1, 0.15) is 5.75 Å². The van der Waals surface area contributed by atoms with Gasteiger partial charge in [-0.25, -0.2) is 0 Å². The predicted molar refractivity (Wildman–Crippen MR) is 90.9 cm³/mol. The molecule has 0 atom stereocenters. The Kier molecular flexibility index (Phi) is 5.36. The Balaban J connectivity index is 2.05. The van der Waals surface area contributed by atoms with Gasteiger partial charge in [-0.3, -0.25) is 9.59 Å². The minimum absolute atomic E-state index is 0.104. The molecule has 0 aliphatic heterocycles. The Morgan fingerprint density at radius 1 is 0.957 bits per heavy atom. The summed E-state index contributed by atoms with van der Waals surface area (Å²) >= 11 is 0. The molecule has 0 saturated carbocycles. The largest absolute Gasteiger partial charge is 0.491 e. The maximum Gasteiger partial charge on any atom is 0.255 e. The van der Waals surface area contributed by atoms with Crippen molar-refractivity contribution >= 4 is 23.2 Å². The fraction of sp³-hybridized carbons (Fsp3) is 0.222. The van der Waals surface area contributed by atoms with Gasteiger partial charge in [0, 0.05) is 23.9 Å². The van der Waals surface area contributed by atoms with E-state index >= 15 is 0 Å². The van der Waals surface area contributed by atoms with Gasteiger partial charge in [0.25, 0.3) is 5.91 Å². The average Bonchev–Trinajstić information content (AvgIpc) is 2.48. The van der Waals surface area contributed by atoms with Crippen LogP contribution >= 0.6 is 0 Å². The molecule has 0 fully saturated rings. The van der Waals surface area contributed by atoms with Gasteiger partial charge >= 0.3 is 0 Å². The standard InChI is InChI=1S/C18H20N2O3/c1-12(2)23-17-9-7-15(8-10-17)20-18(22)14-5-4-6-16(11-14)19-13(3)21/h4-12H,1-3H3,(H,19,21)(H,20,22). The van der Waals surface area contributed by atoms with Crippen LogP contribution in [0, 0.1) is 0 Å². The van der Waals surface area contributed by atoms with E-state index in [2.05, 4.69) is 10.6 Å². The topological polar surface area (TPSA) is 67.4 Å². The van der Waals surface area contributed by atoms with E-state index in [0.29, 0.717) is 16.9 Å². The highest BCUT2D eigenvalue weighted by atomic mass is 16.5. The summed E-state index contributed by atoms with van der Waals surface area (Å²) in [7, 11) is 0. The number of rotatable bonds is 5. The molecule has 0 unspecified atom stereocenters. The van der Waals surface area contributed by atoms with E-state index in [1.165, 1.54) is 6.92 Å². The van der Waals surface area contributed by atoms with Gasteiger partial charge in [0.2, 0.25) is 5.91 Å². The number of amides is 2. The van der Waals surface area contributed by atoms with Gasteiger partial charge in [-0.1, -0.05) is 6.07 Å². The third-order valence-electron chi connectivity index (χ3n) is 2.93. The molecule has 5 heteroatoms. The van der Waals surface area contributed by atoms with Crippen molar-refractivity contribution < 1.29 is 14.3 Å². The monoisotopic (exact) mass is 312 g/mol. The summed E-state index contributed by atoms with van der Waals surface area (Å²) in [6.07, 6.45) is 0.104. The fourth-order valence-electron chi connectivity index (χ4n) is 2.03. The molecular formula is C18H20N2O3. The molecule has 0 aliphatic carbocycles. The van der Waals surface area contributed by atoms with Crippen LogP contribution in [0.4, 0.5) is 11.4 Å². The van der Waals surface area contributed by atoms with Crippen molar-refractivity contribution in [3.05, 3.63) is 54.1 Å². The van der Waals surface area contributed by atoms with Gasteiger partial charge in [-0.2, -0.15) is 0 Å². The quantitative estimate of drug-likeness (QED) is 0.885. The third-order valence-corrected chi connectivity index (χ3v) is 2.93. The number of carbonyl (C=O) groups excluding carboxylic acids is 2. The van der Waals surface area contributed by atoms with E-state index in [1.54, 1.807) is 36.4 Å². The van der Waals surface area contributed by atoms with Crippen molar-refractivity contribution in [1.82, 2.24) is 0 Å². The lowest BCUT2D eigenvalue weighted by molar-refractivity contribution is -0.114. The third kappa shape index (κ3) is 5.14. The van der Waals surface area contributed by atoms with Gasteiger partial charge in [0.05, 0.1) is 6.10 Å². The normalized spacial score (nSPS) is 10.3. The van der Waals surface area contributed by atoms with Gasteiger partial charge < -0.3 is 15.4 Å². The smallest absolute Gasteiger partial charge is 0.255 e. The zero-order valence-electron chi connectivity index (χ0n) is 13.4. The van der Waals surface area contributed by atoms with E-state index in [1.807, 2.05) is 26.0 Å². The van der Waals surface area contributed by atoms with E-state index in [0.717, 1.165) is 5.75 Å². The summed E-state index contributed by atoms with van der Waals surface area (Å²) in [6, 6.07) is 14.0. The van der Waals surface area contributed by atoms with Crippen LogP contribution in [0.5, 0.6) is 5.75 Å². The van der Waals surface area contributed by atoms with Crippen molar-refractivity contribution in [2.75, 3.05) is 10.6 Å². The Morgan fingerprint density at radius 2 is 1.65 bits per heavy atom. The van der Waals surface area contributed by atoms with Crippen molar-refractivity contribution in [1.29, 1.82) is 0 Å². The lowest BCUT2D eigenvalue weighted by Crippen LogP contribution is -2.13. The van der Waals surface area contributed by atoms with E-state index in [9.17, 15) is 9.59 Å². The van der Waals surface area contributed by atoms with Crippen molar-refractivity contribution in [2.45, 2.75) is 26.9 Å². The SMILES string of the molecule is CC(=O)Nc1cccc(C(=O)Nc2ccc(OC(C)C)cc2)c1. The number of anilines is 2. The fourth-order valence-corrected chi connectivity index (χ4v) is 2.03. The molecule has 2 amide bonds. The summed E-state index contributed by atoms with van der Waals surface area (Å²) in [5.41, 5.74) is 1.74. The molecule has 0 radical (unpaired) electrons. The number of carbonyl (C=O) groups is 2. The Morgan fingerprint density at radius 3 is 2.26 bits per heavy atom. The second-order valence-corrected chi connectivity index (χ2v) is 5.41. The lowest BCUT2D eigenvalue weighted by Gasteiger charge is -2.11. The zero-order chi connectivity index (χ0) is 16.8. The van der Waals surface area contributed by atoms with Crippen LogP contribution in [0.1, 0.15) is 31.1 Å². The first-order valence-corrected chi connectivity index (χ1v) is 7.40. The molecule has 0 aromatic heterocycles. The molecular weight excluding hydrogens is 292 g/mol. The summed E-state index contributed by atoms with van der Waals surface area (Å²) in [4.78, 5) is 23.3. The number of hydrogen-bond acceptors (Lipinski definition) is 3. The molecule has 2 N–H and O–H groups in total. The van der Waals surface area contributed by atoms with Gasteiger partial charge in [0.15, 0.2) is 0 Å². The highest BCUT2D eigenvalue weighted by Gasteiger charge is 2.08. The van der Waals surface area contributed by atoms with Crippen LogP contribution in [0.3, 0.4) is 0 Å². The molecule has 5 nitrogen and oxygen atoms in total. The van der Waals surface area contributed by atoms with E-state index < -0.39 is 0 Å². The number of nitrogens with one attached hydrogen (secondary N) is 2. The maximum absolute atomic E-state index is 12.3. The molecule has 0 spiro atoms. The first-order chi connectivity index (χ1) is 10.9. The summed E-state index contributed by atoms with van der Waals surface area (Å²) in [5, 5.41) is 5.47. The zero-order valence-corrected chi connectivity index (χ0v) is 13.4. The summed E-state index contributed by atoms with van der Waals surface area (Å²) in [6.45, 7) is 5.34. The molecule has 23 heavy (non-hydrogen) atoms. The van der Waals surface area contributed by atoms with E-state index in [4.69, 9.17) is 4.74 Å². The molecule has 0 aliphatic rings. The van der Waals surface area contributed by atoms with Crippen LogP contribution < -0.4 is 15.4 Å². The molecule has 120 valence electrons. The van der Waals surface area contributed by atoms with Gasteiger partial charge in [-0.15, -0.1) is 0 Å². The van der Waals surface area contributed by atoms with Crippen LogP contribution in [0.2, 0.25) is 0 Å². The Labute approximate surface area is 135 Å². The minimum Gasteiger partial charge on any atom is -0.491 e. The average molecular weight is 312 g/mol. The molecule has 2 aromatic carbocycles. The highest BCUT2D eigenvalue weighted by molar-refractivity contribution is 6.05. The predicted octanol–water partition coefficient (Wildman–Crippen LogP) is 3.68. The molecule has 0 saturated heterocycles. The number of ether oxygens (including phenoxy) is 1. The number of benzene rings is 2. The Bertz CT molecular complexity index is 694. The van der Waals surface area contributed by atoms with Gasteiger partial charge in [-0.05, 0) is 56.3 Å². The first kappa shape index (κ1) is 16.5. The molecule has 0 heterocycles. The van der Waals surface area contributed by atoms with Crippen LogP contribution in [-0.2, 0) is 4.79 Å². The second-order valence-electron chi connectivity index (χ2n) is 5.41. The second kappa shape index (κ2) is 7.45. The van der Waals surface area contributed by atoms with Crippen LogP contribution in [0.15, 0.2) is 48.5 Å². The molecule has 2 aromatic rings. The minimum atomic E-state index is -0.241. The first-order valence-electron chi connectivity index (χ1n) is 7.40. The lowest BCUT2D eigenvalue weighted by atomic mass is 10.2.